The largest absolute Gasteiger partial charge is 0.467 e. The van der Waals surface area contributed by atoms with Crippen LogP contribution in [0.1, 0.15) is 53.4 Å². The molecule has 13 heteroatoms. The molecule has 2 rings (SSSR count). The second-order valence-corrected chi connectivity index (χ2v) is 10.3. The van der Waals surface area contributed by atoms with Crippen LogP contribution < -0.4 is 21.3 Å². The van der Waals surface area contributed by atoms with Crippen molar-refractivity contribution in [2.75, 3.05) is 25.5 Å². The number of halogens is 3. The van der Waals surface area contributed by atoms with E-state index in [1.165, 1.54) is 0 Å². The first-order chi connectivity index (χ1) is 19.0. The van der Waals surface area contributed by atoms with E-state index in [-0.39, 0.29) is 12.2 Å². The van der Waals surface area contributed by atoms with Crippen LogP contribution in [0.5, 0.6) is 0 Å². The lowest BCUT2D eigenvalue weighted by molar-refractivity contribution is -0.144. The number of aryl methyl sites for hydroxylation is 2. The molecule has 3 amide bonds. The van der Waals surface area contributed by atoms with Crippen LogP contribution in [0, 0.1) is 13.8 Å². The van der Waals surface area contributed by atoms with Crippen LogP contribution >= 0.6 is 0 Å². The quantitative estimate of drug-likeness (QED) is 0.314. The average Bonchev–Trinajstić information content (AvgIpc) is 2.85. The Morgan fingerprint density at radius 2 is 1.66 bits per heavy atom. The first-order valence-corrected chi connectivity index (χ1v) is 12.6. The predicted octanol–water partition coefficient (Wildman–Crippen LogP) is 3.85. The summed E-state index contributed by atoms with van der Waals surface area (Å²) < 4.78 is 49.8. The number of alkyl halides is 3. The fourth-order valence-corrected chi connectivity index (χ4v) is 3.66. The number of hydrogen-bond acceptors (Lipinski definition) is 7. The number of hydrogen-bond donors (Lipinski definition) is 4. The number of nitrogens with one attached hydrogen (secondary N) is 4. The van der Waals surface area contributed by atoms with Gasteiger partial charge in [-0.05, 0) is 63.9 Å². The second kappa shape index (κ2) is 14.0. The van der Waals surface area contributed by atoms with Crippen molar-refractivity contribution in [3.8, 4) is 0 Å². The Hall–Kier alpha value is -4.13. The maximum absolute atomic E-state index is 13.3. The first-order valence-electron chi connectivity index (χ1n) is 12.6. The second-order valence-electron chi connectivity index (χ2n) is 10.3. The van der Waals surface area contributed by atoms with Gasteiger partial charge in [0.15, 0.2) is 0 Å². The van der Waals surface area contributed by atoms with Crippen molar-refractivity contribution in [1.82, 2.24) is 16.0 Å². The van der Waals surface area contributed by atoms with Crippen LogP contribution in [0.4, 0.5) is 23.7 Å². The van der Waals surface area contributed by atoms with E-state index in [1.807, 2.05) is 32.0 Å². The molecule has 41 heavy (non-hydrogen) atoms. The smallest absolute Gasteiger partial charge is 0.416 e. The minimum Gasteiger partial charge on any atom is -0.467 e. The number of esters is 1. The molecular formula is C28H35F3N4O6. The molecule has 0 aliphatic heterocycles. The zero-order valence-electron chi connectivity index (χ0n) is 23.7. The Balaban J connectivity index is 2.08. The lowest BCUT2D eigenvalue weighted by atomic mass is 10.1. The monoisotopic (exact) mass is 580 g/mol. The maximum Gasteiger partial charge on any atom is 0.416 e. The van der Waals surface area contributed by atoms with Crippen molar-refractivity contribution in [3.05, 3.63) is 64.2 Å². The number of amides is 3. The van der Waals surface area contributed by atoms with E-state index in [9.17, 15) is 32.3 Å². The Morgan fingerprint density at radius 1 is 0.976 bits per heavy atom. The Morgan fingerprint density at radius 3 is 2.24 bits per heavy atom. The molecule has 0 unspecified atom stereocenters. The van der Waals surface area contributed by atoms with Crippen molar-refractivity contribution in [3.63, 3.8) is 0 Å². The Labute approximate surface area is 236 Å². The lowest BCUT2D eigenvalue weighted by Crippen LogP contribution is -2.50. The van der Waals surface area contributed by atoms with Crippen LogP contribution in [0.2, 0.25) is 0 Å². The van der Waals surface area contributed by atoms with Crippen LogP contribution in [0.25, 0.3) is 0 Å². The molecule has 0 saturated heterocycles. The molecule has 224 valence electrons. The highest BCUT2D eigenvalue weighted by molar-refractivity contribution is 6.04. The van der Waals surface area contributed by atoms with E-state index in [0.717, 1.165) is 29.9 Å². The fourth-order valence-electron chi connectivity index (χ4n) is 3.66. The summed E-state index contributed by atoms with van der Waals surface area (Å²) in [6.07, 6.45) is -5.76. The minimum absolute atomic E-state index is 0.0112. The molecule has 0 aliphatic rings. The molecule has 0 aliphatic carbocycles. The third-order valence-electron chi connectivity index (χ3n) is 5.62. The van der Waals surface area contributed by atoms with Gasteiger partial charge in [-0.15, -0.1) is 0 Å². The van der Waals surface area contributed by atoms with Gasteiger partial charge in [0.1, 0.15) is 11.6 Å². The molecule has 2 aromatic carbocycles. The van der Waals surface area contributed by atoms with E-state index in [4.69, 9.17) is 9.47 Å². The molecule has 0 heterocycles. The molecule has 1 atom stereocenters. The van der Waals surface area contributed by atoms with E-state index < -0.39 is 59.4 Å². The Kier molecular flexibility index (Phi) is 11.3. The van der Waals surface area contributed by atoms with Gasteiger partial charge in [0.25, 0.3) is 5.91 Å². The fraction of sp³-hybridized carbons (Fsp3) is 0.429. The molecule has 0 bridgehead atoms. The zero-order valence-corrected chi connectivity index (χ0v) is 23.7. The van der Waals surface area contributed by atoms with Gasteiger partial charge >= 0.3 is 18.2 Å². The summed E-state index contributed by atoms with van der Waals surface area (Å²) in [6.45, 7) is 8.44. The van der Waals surface area contributed by atoms with Crippen LogP contribution in [-0.2, 0) is 31.8 Å². The highest BCUT2D eigenvalue weighted by atomic mass is 19.4. The van der Waals surface area contributed by atoms with Crippen LogP contribution in [-0.4, -0.2) is 55.7 Å². The standard InChI is InChI=1S/C28H35F3N4O6/c1-16-7-8-18(17(2)11-16)13-32-14-22(25(38)40-6)34-23(36)15-33-24(37)20-12-19(28(29,30)31)9-10-21(20)35-26(39)41-27(3,4)5/h7-12,22,32H,13-15H2,1-6H3,(H,33,37)(H,34,36)(H,35,39)/t22-/m0/s1. The molecular weight excluding hydrogens is 545 g/mol. The third kappa shape index (κ3) is 10.7. The van der Waals surface area contributed by atoms with Crippen molar-refractivity contribution in [2.45, 2.75) is 59.0 Å². The third-order valence-corrected chi connectivity index (χ3v) is 5.62. The summed E-state index contributed by atoms with van der Waals surface area (Å²) in [5.41, 5.74) is 0.309. The van der Waals surface area contributed by atoms with Crippen molar-refractivity contribution in [1.29, 1.82) is 0 Å². The summed E-state index contributed by atoms with van der Waals surface area (Å²) in [5.74, 6) is -2.60. The lowest BCUT2D eigenvalue weighted by Gasteiger charge is -2.21. The number of carbonyl (C=O) groups is 4. The van der Waals surface area contributed by atoms with Gasteiger partial charge in [-0.2, -0.15) is 13.2 Å². The summed E-state index contributed by atoms with van der Waals surface area (Å²) >= 11 is 0. The molecule has 10 nitrogen and oxygen atoms in total. The van der Waals surface area contributed by atoms with E-state index >= 15 is 0 Å². The highest BCUT2D eigenvalue weighted by Gasteiger charge is 2.32. The summed E-state index contributed by atoms with van der Waals surface area (Å²) in [4.78, 5) is 49.8. The number of benzene rings is 2. The summed E-state index contributed by atoms with van der Waals surface area (Å²) in [5, 5.41) is 9.97. The van der Waals surface area contributed by atoms with Gasteiger partial charge < -0.3 is 25.4 Å². The average molecular weight is 581 g/mol. The van der Waals surface area contributed by atoms with Gasteiger partial charge in [0.2, 0.25) is 5.91 Å². The number of anilines is 1. The SMILES string of the molecule is COC(=O)[C@H](CNCc1ccc(C)cc1C)NC(=O)CNC(=O)c1cc(C(F)(F)F)ccc1NC(=O)OC(C)(C)C. The number of ether oxygens (including phenoxy) is 2. The van der Waals surface area contributed by atoms with Gasteiger partial charge in [-0.1, -0.05) is 23.8 Å². The number of carbonyl (C=O) groups excluding carboxylic acids is 4. The first kappa shape index (κ1) is 33.1. The van der Waals surface area contributed by atoms with Crippen LogP contribution in [0.15, 0.2) is 36.4 Å². The topological polar surface area (TPSA) is 135 Å². The van der Waals surface area contributed by atoms with Gasteiger partial charge in [0, 0.05) is 13.1 Å². The molecule has 4 N–H and O–H groups in total. The number of rotatable bonds is 10. The molecule has 0 saturated carbocycles. The summed E-state index contributed by atoms with van der Waals surface area (Å²) in [6, 6.07) is 6.96. The molecule has 0 fully saturated rings. The minimum atomic E-state index is -4.77. The molecule has 0 radical (unpaired) electrons. The molecule has 2 aromatic rings. The van der Waals surface area contributed by atoms with Crippen molar-refractivity contribution >= 4 is 29.6 Å². The normalized spacial score (nSPS) is 12.2. The van der Waals surface area contributed by atoms with E-state index in [0.29, 0.717) is 18.7 Å². The van der Waals surface area contributed by atoms with Crippen molar-refractivity contribution in [2.24, 2.45) is 0 Å². The van der Waals surface area contributed by atoms with E-state index in [1.54, 1.807) is 20.8 Å². The van der Waals surface area contributed by atoms with E-state index in [2.05, 4.69) is 21.3 Å². The maximum atomic E-state index is 13.3. The summed E-state index contributed by atoms with van der Waals surface area (Å²) in [7, 11) is 1.15. The molecule has 0 spiro atoms. The highest BCUT2D eigenvalue weighted by Crippen LogP contribution is 2.32. The number of methoxy groups -OCH3 is 1. The van der Waals surface area contributed by atoms with Gasteiger partial charge in [-0.25, -0.2) is 9.59 Å². The van der Waals surface area contributed by atoms with Crippen LogP contribution in [0.3, 0.4) is 0 Å². The predicted molar refractivity (Wildman–Crippen MR) is 145 cm³/mol. The Bertz CT molecular complexity index is 1270. The van der Waals surface area contributed by atoms with Gasteiger partial charge in [-0.3, -0.25) is 14.9 Å². The molecule has 0 aromatic heterocycles. The van der Waals surface area contributed by atoms with Crippen molar-refractivity contribution < 1.29 is 41.8 Å². The zero-order chi connectivity index (χ0) is 31.0. The van der Waals surface area contributed by atoms with Gasteiger partial charge in [0.05, 0.1) is 30.5 Å².